The number of carbonyl (C=O) groups is 1. The Hall–Kier alpha value is -0.390. The Morgan fingerprint density at radius 1 is 1.47 bits per heavy atom. The van der Waals surface area contributed by atoms with Crippen LogP contribution in [-0.4, -0.2) is 29.4 Å². The van der Waals surface area contributed by atoms with Gasteiger partial charge in [-0.2, -0.15) is 0 Å². The van der Waals surface area contributed by atoms with Crippen LogP contribution in [0.3, 0.4) is 0 Å². The molecule has 92 valence electrons. The largest absolute Gasteiger partial charge is 0.334 e. The first-order valence-electron chi connectivity index (χ1n) is 5.52. The summed E-state index contributed by atoms with van der Waals surface area (Å²) in [4.78, 5) is 14.2. The summed E-state index contributed by atoms with van der Waals surface area (Å²) in [7, 11) is 0. The fourth-order valence-corrected chi connectivity index (χ4v) is 3.28. The van der Waals surface area contributed by atoms with E-state index >= 15 is 0 Å². The molecule has 1 heterocycles. The highest BCUT2D eigenvalue weighted by atomic mass is 79.9. The van der Waals surface area contributed by atoms with Gasteiger partial charge < -0.3 is 10.6 Å². The van der Waals surface area contributed by atoms with Crippen molar-refractivity contribution in [1.29, 1.82) is 0 Å². The zero-order valence-corrected chi connectivity index (χ0v) is 12.7. The minimum Gasteiger partial charge on any atom is -0.334 e. The van der Waals surface area contributed by atoms with Gasteiger partial charge in [-0.05, 0) is 47.5 Å². The van der Waals surface area contributed by atoms with Crippen LogP contribution in [0.1, 0.15) is 23.7 Å². The lowest BCUT2D eigenvalue weighted by molar-refractivity contribution is 0.0741. The van der Waals surface area contributed by atoms with E-state index < -0.39 is 0 Å². The number of rotatable bonds is 1. The molecule has 0 aromatic heterocycles. The van der Waals surface area contributed by atoms with Gasteiger partial charge in [-0.1, -0.05) is 15.9 Å². The average molecular weight is 362 g/mol. The summed E-state index contributed by atoms with van der Waals surface area (Å²) >= 11 is 6.80. The van der Waals surface area contributed by atoms with Gasteiger partial charge in [-0.15, -0.1) is 0 Å². The molecule has 1 aromatic rings. The first-order valence-corrected chi connectivity index (χ1v) is 7.11. The van der Waals surface area contributed by atoms with Gasteiger partial charge in [0, 0.05) is 27.6 Å². The molecule has 1 aliphatic rings. The molecule has 0 saturated carbocycles. The lowest BCUT2D eigenvalue weighted by Crippen LogP contribution is -2.40. The van der Waals surface area contributed by atoms with Gasteiger partial charge in [0.05, 0.1) is 5.56 Å². The number of benzene rings is 1. The minimum atomic E-state index is 0.0461. The lowest BCUT2D eigenvalue weighted by Gasteiger charge is -2.23. The van der Waals surface area contributed by atoms with Crippen molar-refractivity contribution in [2.45, 2.75) is 25.4 Å². The molecule has 0 bridgehead atoms. The predicted octanol–water partition coefficient (Wildman–Crippen LogP) is 2.77. The van der Waals surface area contributed by atoms with Crippen LogP contribution in [0.4, 0.5) is 0 Å². The van der Waals surface area contributed by atoms with Crippen molar-refractivity contribution in [1.82, 2.24) is 4.90 Å². The van der Waals surface area contributed by atoms with E-state index in [1.54, 1.807) is 0 Å². The quantitative estimate of drug-likeness (QED) is 0.835. The van der Waals surface area contributed by atoms with E-state index in [2.05, 4.69) is 31.9 Å². The van der Waals surface area contributed by atoms with Gasteiger partial charge >= 0.3 is 0 Å². The van der Waals surface area contributed by atoms with Crippen molar-refractivity contribution in [3.63, 3.8) is 0 Å². The maximum absolute atomic E-state index is 12.4. The monoisotopic (exact) mass is 360 g/mol. The SMILES string of the molecule is CC1C(N)CCN1C(=O)c1ccc(Br)cc1Br. The molecule has 1 fully saturated rings. The maximum Gasteiger partial charge on any atom is 0.255 e. The Bertz CT molecular complexity index is 450. The van der Waals surface area contributed by atoms with E-state index in [9.17, 15) is 4.79 Å². The number of carbonyl (C=O) groups excluding carboxylic acids is 1. The fourth-order valence-electron chi connectivity index (χ4n) is 2.07. The molecular formula is C12H14Br2N2O. The molecule has 0 spiro atoms. The van der Waals surface area contributed by atoms with Crippen LogP contribution in [0.2, 0.25) is 0 Å². The lowest BCUT2D eigenvalue weighted by atomic mass is 10.1. The first kappa shape index (κ1) is 13.1. The Labute approximate surface area is 118 Å². The van der Waals surface area contributed by atoms with Crippen LogP contribution in [0.5, 0.6) is 0 Å². The third-order valence-corrected chi connectivity index (χ3v) is 4.39. The third-order valence-electron chi connectivity index (χ3n) is 3.24. The number of amides is 1. The maximum atomic E-state index is 12.4. The van der Waals surface area contributed by atoms with Gasteiger partial charge in [0.25, 0.3) is 5.91 Å². The predicted molar refractivity (Wildman–Crippen MR) is 74.9 cm³/mol. The van der Waals surface area contributed by atoms with Gasteiger partial charge in [-0.3, -0.25) is 4.79 Å². The van der Waals surface area contributed by atoms with Crippen molar-refractivity contribution in [3.8, 4) is 0 Å². The van der Waals surface area contributed by atoms with Crippen LogP contribution >= 0.6 is 31.9 Å². The molecule has 1 aromatic carbocycles. The number of halogens is 2. The van der Waals surface area contributed by atoms with Gasteiger partial charge in [-0.25, -0.2) is 0 Å². The van der Waals surface area contributed by atoms with Crippen molar-refractivity contribution >= 4 is 37.8 Å². The second-order valence-electron chi connectivity index (χ2n) is 4.32. The van der Waals surface area contributed by atoms with Crippen molar-refractivity contribution < 1.29 is 4.79 Å². The average Bonchev–Trinajstić information content (AvgIpc) is 2.59. The van der Waals surface area contributed by atoms with E-state index in [0.29, 0.717) is 5.56 Å². The molecule has 0 radical (unpaired) electrons. The van der Waals surface area contributed by atoms with Crippen LogP contribution < -0.4 is 5.73 Å². The zero-order chi connectivity index (χ0) is 12.6. The molecule has 3 nitrogen and oxygen atoms in total. The summed E-state index contributed by atoms with van der Waals surface area (Å²) in [5.41, 5.74) is 6.62. The summed E-state index contributed by atoms with van der Waals surface area (Å²) in [6, 6.07) is 5.78. The van der Waals surface area contributed by atoms with Crippen molar-refractivity contribution in [3.05, 3.63) is 32.7 Å². The van der Waals surface area contributed by atoms with Crippen molar-refractivity contribution in [2.75, 3.05) is 6.54 Å². The van der Waals surface area contributed by atoms with Crippen LogP contribution in [0.25, 0.3) is 0 Å². The van der Waals surface area contributed by atoms with Crippen LogP contribution in [0, 0.1) is 0 Å². The Morgan fingerprint density at radius 2 is 2.18 bits per heavy atom. The van der Waals surface area contributed by atoms with Crippen molar-refractivity contribution in [2.24, 2.45) is 5.73 Å². The number of likely N-dealkylation sites (tertiary alicyclic amines) is 1. The summed E-state index contributed by atoms with van der Waals surface area (Å²) in [6.07, 6.45) is 0.876. The number of hydrogen-bond donors (Lipinski definition) is 1. The third kappa shape index (κ3) is 2.56. The highest BCUT2D eigenvalue weighted by Gasteiger charge is 2.32. The fraction of sp³-hybridized carbons (Fsp3) is 0.417. The number of hydrogen-bond acceptors (Lipinski definition) is 2. The summed E-state index contributed by atoms with van der Waals surface area (Å²) in [6.45, 7) is 2.74. The summed E-state index contributed by atoms with van der Waals surface area (Å²) in [5, 5.41) is 0. The smallest absolute Gasteiger partial charge is 0.255 e. The van der Waals surface area contributed by atoms with Crippen LogP contribution in [-0.2, 0) is 0 Å². The highest BCUT2D eigenvalue weighted by Crippen LogP contribution is 2.26. The molecule has 17 heavy (non-hydrogen) atoms. The Balaban J connectivity index is 2.26. The summed E-state index contributed by atoms with van der Waals surface area (Å²) < 4.78 is 1.76. The molecule has 0 aliphatic carbocycles. The zero-order valence-electron chi connectivity index (χ0n) is 9.49. The molecule has 2 unspecified atom stereocenters. The molecule has 2 atom stereocenters. The van der Waals surface area contributed by atoms with E-state index in [1.807, 2.05) is 30.0 Å². The van der Waals surface area contributed by atoms with Gasteiger partial charge in [0.1, 0.15) is 0 Å². The molecule has 1 amide bonds. The molecule has 2 N–H and O–H groups in total. The van der Waals surface area contributed by atoms with E-state index in [0.717, 1.165) is 21.9 Å². The molecular weight excluding hydrogens is 348 g/mol. The molecule has 1 saturated heterocycles. The second kappa shape index (κ2) is 5.08. The number of nitrogens with two attached hydrogens (primary N) is 1. The topological polar surface area (TPSA) is 46.3 Å². The first-order chi connectivity index (χ1) is 8.00. The minimum absolute atomic E-state index is 0.0461. The standard InChI is InChI=1S/C12H14Br2N2O/c1-7-11(15)4-5-16(7)12(17)9-3-2-8(13)6-10(9)14/h2-3,6-7,11H,4-5,15H2,1H3. The van der Waals surface area contributed by atoms with E-state index in [-0.39, 0.29) is 18.0 Å². The molecule has 1 aliphatic heterocycles. The summed E-state index contributed by atoms with van der Waals surface area (Å²) in [5.74, 6) is 0.0461. The Kier molecular flexibility index (Phi) is 3.90. The molecule has 2 rings (SSSR count). The normalized spacial score (nSPS) is 24.1. The van der Waals surface area contributed by atoms with Gasteiger partial charge in [0.2, 0.25) is 0 Å². The van der Waals surface area contributed by atoms with E-state index in [4.69, 9.17) is 5.73 Å². The number of nitrogens with zero attached hydrogens (tertiary/aromatic N) is 1. The van der Waals surface area contributed by atoms with E-state index in [1.165, 1.54) is 0 Å². The molecule has 5 heteroatoms. The van der Waals surface area contributed by atoms with Gasteiger partial charge in [0.15, 0.2) is 0 Å². The van der Waals surface area contributed by atoms with Crippen LogP contribution in [0.15, 0.2) is 27.1 Å². The highest BCUT2D eigenvalue weighted by molar-refractivity contribution is 9.11. The second-order valence-corrected chi connectivity index (χ2v) is 6.09. The Morgan fingerprint density at radius 3 is 2.71 bits per heavy atom.